The highest BCUT2D eigenvalue weighted by atomic mass is 16.6. The lowest BCUT2D eigenvalue weighted by Crippen LogP contribution is -2.53. The van der Waals surface area contributed by atoms with Crippen molar-refractivity contribution in [2.45, 2.75) is 77.5 Å². The lowest BCUT2D eigenvalue weighted by atomic mass is 9.90. The molecule has 0 aliphatic carbocycles. The number of nitrogen functional groups attached to an aromatic ring is 1. The molecule has 0 saturated carbocycles. The Kier molecular flexibility index (Phi) is 5.66. The third-order valence-corrected chi connectivity index (χ3v) is 4.71. The molecule has 164 valence electrons. The molecule has 0 radical (unpaired) electrons. The molecule has 3 rings (SSSR count). The van der Waals surface area contributed by atoms with Crippen LogP contribution in [0.2, 0.25) is 0 Å². The van der Waals surface area contributed by atoms with Gasteiger partial charge in [-0.2, -0.15) is 9.61 Å². The molecule has 9 nitrogen and oxygen atoms in total. The van der Waals surface area contributed by atoms with E-state index in [2.05, 4.69) is 10.1 Å². The maximum Gasteiger partial charge on any atom is 0.411 e. The number of carbonyl (C=O) groups excluding carboxylic acids is 2. The van der Waals surface area contributed by atoms with E-state index in [4.69, 9.17) is 15.2 Å². The van der Waals surface area contributed by atoms with Crippen LogP contribution in [0.3, 0.4) is 0 Å². The van der Waals surface area contributed by atoms with Gasteiger partial charge in [0.1, 0.15) is 23.1 Å². The number of esters is 1. The summed E-state index contributed by atoms with van der Waals surface area (Å²) in [5, 5.41) is 4.14. The fourth-order valence-electron chi connectivity index (χ4n) is 3.52. The predicted molar refractivity (Wildman–Crippen MR) is 112 cm³/mol. The average molecular weight is 418 g/mol. The van der Waals surface area contributed by atoms with Gasteiger partial charge in [-0.05, 0) is 54.4 Å². The van der Waals surface area contributed by atoms with Crippen LogP contribution in [0.5, 0.6) is 0 Å². The summed E-state index contributed by atoms with van der Waals surface area (Å²) < 4.78 is 12.7. The summed E-state index contributed by atoms with van der Waals surface area (Å²) in [5.41, 5.74) is 6.19. The van der Waals surface area contributed by atoms with Crippen molar-refractivity contribution >= 4 is 23.5 Å². The number of likely N-dealkylation sites (tertiary alicyclic amines) is 1. The maximum atomic E-state index is 12.9. The van der Waals surface area contributed by atoms with E-state index in [1.165, 1.54) is 4.90 Å². The molecule has 1 aliphatic rings. The van der Waals surface area contributed by atoms with Gasteiger partial charge < -0.3 is 15.2 Å². The highest BCUT2D eigenvalue weighted by Crippen LogP contribution is 2.32. The van der Waals surface area contributed by atoms with E-state index in [9.17, 15) is 9.59 Å². The number of amides is 1. The van der Waals surface area contributed by atoms with Crippen molar-refractivity contribution in [3.8, 4) is 0 Å². The highest BCUT2D eigenvalue weighted by molar-refractivity contribution is 5.82. The minimum atomic E-state index is -0.702. The van der Waals surface area contributed by atoms with Crippen LogP contribution < -0.4 is 5.73 Å². The molecule has 1 saturated heterocycles. The second-order valence-electron chi connectivity index (χ2n) is 9.66. The summed E-state index contributed by atoms with van der Waals surface area (Å²) >= 11 is 0. The molecular formula is C21H31N5O4. The molecule has 2 aromatic heterocycles. The zero-order valence-corrected chi connectivity index (χ0v) is 18.5. The number of piperidine rings is 1. The molecule has 9 heteroatoms. The summed E-state index contributed by atoms with van der Waals surface area (Å²) in [7, 11) is 0. The minimum absolute atomic E-state index is 0.0848. The maximum absolute atomic E-state index is 12.9. The summed E-state index contributed by atoms with van der Waals surface area (Å²) in [4.78, 5) is 31.9. The third-order valence-electron chi connectivity index (χ3n) is 4.71. The first-order valence-electron chi connectivity index (χ1n) is 10.2. The van der Waals surface area contributed by atoms with Crippen LogP contribution in [0.25, 0.3) is 5.65 Å². The van der Waals surface area contributed by atoms with Crippen LogP contribution in [0.4, 0.5) is 10.6 Å². The summed E-state index contributed by atoms with van der Waals surface area (Å²) in [6, 6.07) is 2.84. The van der Waals surface area contributed by atoms with E-state index in [0.717, 1.165) is 5.69 Å². The number of fused-ring (bicyclic) bond motifs is 1. The van der Waals surface area contributed by atoms with Crippen LogP contribution in [-0.4, -0.2) is 55.3 Å². The normalized spacial score (nSPS) is 20.3. The number of aromatic nitrogens is 3. The average Bonchev–Trinajstić information content (AvgIpc) is 3.07. The molecule has 1 amide bonds. The highest BCUT2D eigenvalue weighted by Gasteiger charge is 2.41. The zero-order chi connectivity index (χ0) is 22.3. The van der Waals surface area contributed by atoms with Crippen molar-refractivity contribution < 1.29 is 19.1 Å². The predicted octanol–water partition coefficient (Wildman–Crippen LogP) is 3.14. The molecule has 3 heterocycles. The van der Waals surface area contributed by atoms with Crippen molar-refractivity contribution in [3.05, 3.63) is 24.0 Å². The van der Waals surface area contributed by atoms with Crippen LogP contribution in [-0.2, 0) is 14.3 Å². The number of nitrogens with two attached hydrogens (primary N) is 1. The standard InChI is InChI=1S/C21H31N5O4/c1-20(2,3)29-18(27)15-8-7-13(12-25(15)19(28)30-21(4,5)6)14-11-16(22)26-17(24-14)9-10-23-26/h9-11,13,15H,7-8,12,22H2,1-6H3/t13-,15-/m0/s1. The number of anilines is 1. The summed E-state index contributed by atoms with van der Waals surface area (Å²) in [6.07, 6.45) is 2.21. The summed E-state index contributed by atoms with van der Waals surface area (Å²) in [6.45, 7) is 11.1. The zero-order valence-electron chi connectivity index (χ0n) is 18.5. The minimum Gasteiger partial charge on any atom is -0.458 e. The topological polar surface area (TPSA) is 112 Å². The van der Waals surface area contributed by atoms with Crippen molar-refractivity contribution in [1.29, 1.82) is 0 Å². The Bertz CT molecular complexity index is 941. The Morgan fingerprint density at radius 1 is 1.10 bits per heavy atom. The van der Waals surface area contributed by atoms with E-state index in [1.807, 2.05) is 20.8 Å². The van der Waals surface area contributed by atoms with Gasteiger partial charge in [-0.25, -0.2) is 14.6 Å². The number of nitrogens with zero attached hydrogens (tertiary/aromatic N) is 4. The molecule has 2 aromatic rings. The first kappa shape index (κ1) is 21.9. The number of ether oxygens (including phenoxy) is 2. The number of hydrogen-bond donors (Lipinski definition) is 1. The van der Waals surface area contributed by atoms with Crippen molar-refractivity contribution in [1.82, 2.24) is 19.5 Å². The molecular weight excluding hydrogens is 386 g/mol. The van der Waals surface area contributed by atoms with Gasteiger partial charge in [0.2, 0.25) is 0 Å². The van der Waals surface area contributed by atoms with Gasteiger partial charge in [-0.3, -0.25) is 4.90 Å². The monoisotopic (exact) mass is 417 g/mol. The second-order valence-corrected chi connectivity index (χ2v) is 9.66. The molecule has 1 fully saturated rings. The van der Waals surface area contributed by atoms with Gasteiger partial charge in [0, 0.05) is 24.6 Å². The fourth-order valence-corrected chi connectivity index (χ4v) is 3.52. The van der Waals surface area contributed by atoms with E-state index < -0.39 is 29.3 Å². The largest absolute Gasteiger partial charge is 0.458 e. The fraction of sp³-hybridized carbons (Fsp3) is 0.619. The van der Waals surface area contributed by atoms with Gasteiger partial charge >= 0.3 is 12.1 Å². The second kappa shape index (κ2) is 7.77. The van der Waals surface area contributed by atoms with Crippen molar-refractivity contribution in [3.63, 3.8) is 0 Å². The lowest BCUT2D eigenvalue weighted by Gasteiger charge is -2.39. The number of carbonyl (C=O) groups is 2. The van der Waals surface area contributed by atoms with Gasteiger partial charge in [-0.15, -0.1) is 0 Å². The first-order chi connectivity index (χ1) is 13.8. The third kappa shape index (κ3) is 5.01. The summed E-state index contributed by atoms with van der Waals surface area (Å²) in [5.74, 6) is -0.0398. The van der Waals surface area contributed by atoms with Crippen LogP contribution in [0, 0.1) is 0 Å². The molecule has 1 aliphatic heterocycles. The van der Waals surface area contributed by atoms with Crippen LogP contribution in [0.1, 0.15) is 66.0 Å². The van der Waals surface area contributed by atoms with Gasteiger partial charge in [0.15, 0.2) is 5.65 Å². The quantitative estimate of drug-likeness (QED) is 0.747. The molecule has 0 unspecified atom stereocenters. The van der Waals surface area contributed by atoms with Gasteiger partial charge in [0.05, 0.1) is 11.9 Å². The Balaban J connectivity index is 1.88. The van der Waals surface area contributed by atoms with Crippen molar-refractivity contribution in [2.24, 2.45) is 0 Å². The van der Waals surface area contributed by atoms with Crippen LogP contribution in [0.15, 0.2) is 18.3 Å². The van der Waals surface area contributed by atoms with E-state index in [-0.39, 0.29) is 12.5 Å². The molecule has 0 spiro atoms. The SMILES string of the molecule is CC(C)(C)OC(=O)[C@@H]1CC[C@H](c2cc(N)n3nccc3n2)CN1C(=O)OC(C)(C)C. The van der Waals surface area contributed by atoms with Crippen LogP contribution >= 0.6 is 0 Å². The molecule has 0 aromatic carbocycles. The van der Waals surface area contributed by atoms with Crippen molar-refractivity contribution in [2.75, 3.05) is 12.3 Å². The Morgan fingerprint density at radius 2 is 1.77 bits per heavy atom. The Labute approximate surface area is 176 Å². The van der Waals surface area contributed by atoms with E-state index >= 15 is 0 Å². The lowest BCUT2D eigenvalue weighted by molar-refractivity contribution is -0.162. The number of rotatable bonds is 2. The smallest absolute Gasteiger partial charge is 0.411 e. The first-order valence-corrected chi connectivity index (χ1v) is 10.2. The van der Waals surface area contributed by atoms with Gasteiger partial charge in [-0.1, -0.05) is 0 Å². The molecule has 30 heavy (non-hydrogen) atoms. The van der Waals surface area contributed by atoms with E-state index in [1.54, 1.807) is 43.6 Å². The Morgan fingerprint density at radius 3 is 2.40 bits per heavy atom. The van der Waals surface area contributed by atoms with Gasteiger partial charge in [0.25, 0.3) is 0 Å². The van der Waals surface area contributed by atoms with E-state index in [0.29, 0.717) is 24.3 Å². The molecule has 2 atom stereocenters. The molecule has 2 N–H and O–H groups in total. The Hall–Kier alpha value is -2.84. The molecule has 0 bridgehead atoms. The number of hydrogen-bond acceptors (Lipinski definition) is 7.